The quantitative estimate of drug-likeness (QED) is 0.152. The van der Waals surface area contributed by atoms with Crippen molar-refractivity contribution in [2.45, 2.75) is 203 Å². The number of nitrogens with zero attached hydrogens (tertiary/aromatic N) is 1. The predicted octanol–water partition coefficient (Wildman–Crippen LogP) is 0.577. The van der Waals surface area contributed by atoms with Crippen molar-refractivity contribution in [3.8, 4) is 0 Å². The zero-order chi connectivity index (χ0) is 43.4. The Labute approximate surface area is 371 Å². The number of hydrogen-bond donors (Lipinski definition) is 9. The molecule has 0 spiro atoms. The summed E-state index contributed by atoms with van der Waals surface area (Å²) in [6.45, 7) is 11.4. The second kappa shape index (κ2) is 18.1. The van der Waals surface area contributed by atoms with Crippen LogP contribution in [0.1, 0.15) is 92.4 Å². The van der Waals surface area contributed by atoms with E-state index in [0.717, 1.165) is 36.6 Å². The van der Waals surface area contributed by atoms with Gasteiger partial charge in [-0.25, -0.2) is 0 Å². The lowest BCUT2D eigenvalue weighted by Crippen LogP contribution is -2.67. The molecule has 0 aromatic heterocycles. The first-order valence-corrected chi connectivity index (χ1v) is 23.4. The van der Waals surface area contributed by atoms with Crippen LogP contribution in [0.5, 0.6) is 0 Å². The van der Waals surface area contributed by atoms with Gasteiger partial charge in [-0.1, -0.05) is 39.3 Å². The summed E-state index contributed by atoms with van der Waals surface area (Å²) in [5.74, 6) is 4.15. The van der Waals surface area contributed by atoms with E-state index in [2.05, 4.69) is 38.7 Å². The third-order valence-electron chi connectivity index (χ3n) is 18.0. The van der Waals surface area contributed by atoms with E-state index in [1.165, 1.54) is 51.1 Å². The monoisotopic (exact) mass is 903 g/mol. The standard InChI is InChI=1S/C45H73NO15.ClH/c1-19-6-9-27-20(2)31-28(46(27)16-19)15-26-24-8-7-22-14-23(10-12-44(22,4)25(24)11-13-45(26,31)5)57-43-40(61-41-37(54)35(52)32(49)21(3)56-41)39(34(51)30(18-48)59-43)60-42-38(55)36(53)33(50)29(17-47)58-42;/h7,19-21,23-43,47-55H,6,8-18H2,1-5H3;1H/t19-,20+,21-,23-,24+,25?,26-,27+,28?,29+,30+,31-,32-,33+,34-,35+,36-,37+,38+,39-,40+,41-,42-,43+,44-,45-;/m0./s1. The maximum absolute atomic E-state index is 11.6. The summed E-state index contributed by atoms with van der Waals surface area (Å²) in [6, 6.07) is 1.43. The molecule has 62 heavy (non-hydrogen) atoms. The molecule has 17 heteroatoms. The lowest BCUT2D eigenvalue weighted by atomic mass is 9.47. The maximum Gasteiger partial charge on any atom is 0.187 e. The fraction of sp³-hybridized carbons (Fsp3) is 0.956. The SMILES string of the molecule is C[C@H]1CC[C@@H]2[C@@H](C)[C@H]3C(C[C@H]4[C@@H]5CC=C6C[C@@H](O[C@@H]7O[C@H](CO)[C@H](O)[C@H](O[C@@H]8O[C@H](CO)[C@@H](O)[C@H](O)[C@H]8O)[C@H]7O[C@@H]7O[C@@H](C)[C@H](O)[C@@H](O)[C@H]7O)CC[C@]6(C)C5CC[C@]34C)N2C1.Cl. The molecular formula is C45H74ClNO15. The van der Waals surface area contributed by atoms with E-state index in [-0.39, 0.29) is 23.9 Å². The number of hydrogen-bond acceptors (Lipinski definition) is 16. The lowest BCUT2D eigenvalue weighted by Gasteiger charge is -2.58. The Balaban J connectivity index is 0.00000529. The zero-order valence-corrected chi connectivity index (χ0v) is 37.6. The Morgan fingerprint density at radius 2 is 1.32 bits per heavy atom. The third-order valence-corrected chi connectivity index (χ3v) is 18.0. The number of rotatable bonds is 8. The molecule has 9 rings (SSSR count). The van der Waals surface area contributed by atoms with Gasteiger partial charge in [-0.15, -0.1) is 12.4 Å². The van der Waals surface area contributed by atoms with Crippen LogP contribution in [0.25, 0.3) is 0 Å². The summed E-state index contributed by atoms with van der Waals surface area (Å²) in [5.41, 5.74) is 1.72. The van der Waals surface area contributed by atoms with Crippen LogP contribution in [0, 0.1) is 46.3 Å². The number of fused-ring (bicyclic) bond motifs is 9. The molecule has 9 N–H and O–H groups in total. The van der Waals surface area contributed by atoms with E-state index in [4.69, 9.17) is 28.4 Å². The smallest absolute Gasteiger partial charge is 0.187 e. The lowest BCUT2D eigenvalue weighted by molar-refractivity contribution is -0.394. The largest absolute Gasteiger partial charge is 0.394 e. The van der Waals surface area contributed by atoms with Gasteiger partial charge < -0.3 is 74.4 Å². The van der Waals surface area contributed by atoms with Crippen molar-refractivity contribution in [3.05, 3.63) is 11.6 Å². The molecule has 5 aliphatic heterocycles. The molecule has 3 saturated carbocycles. The predicted molar refractivity (Wildman–Crippen MR) is 222 cm³/mol. The van der Waals surface area contributed by atoms with Crippen LogP contribution < -0.4 is 0 Å². The van der Waals surface area contributed by atoms with Gasteiger partial charge in [0.1, 0.15) is 67.1 Å². The summed E-state index contributed by atoms with van der Waals surface area (Å²) in [4.78, 5) is 2.94. The number of halogens is 1. The first-order valence-electron chi connectivity index (χ1n) is 23.4. The molecule has 0 bridgehead atoms. The summed E-state index contributed by atoms with van der Waals surface area (Å²) < 4.78 is 36.8. The first kappa shape index (κ1) is 47.9. The van der Waals surface area contributed by atoms with E-state index in [1.807, 2.05) is 0 Å². The molecule has 9 aliphatic rings. The Bertz CT molecular complexity index is 1600. The minimum atomic E-state index is -1.83. The molecule has 0 aromatic rings. The molecule has 356 valence electrons. The van der Waals surface area contributed by atoms with Crippen molar-refractivity contribution in [2.24, 2.45) is 46.3 Å². The molecule has 4 aliphatic carbocycles. The van der Waals surface area contributed by atoms with Gasteiger partial charge >= 0.3 is 0 Å². The molecule has 0 aromatic carbocycles. The average molecular weight is 905 g/mol. The van der Waals surface area contributed by atoms with Gasteiger partial charge in [0.25, 0.3) is 0 Å². The Morgan fingerprint density at radius 3 is 2.03 bits per heavy atom. The number of allylic oxidation sites excluding steroid dienone is 1. The Kier molecular flexibility index (Phi) is 14.0. The van der Waals surface area contributed by atoms with Crippen LogP contribution >= 0.6 is 12.4 Å². The van der Waals surface area contributed by atoms with Gasteiger partial charge in [0, 0.05) is 18.6 Å². The van der Waals surface area contributed by atoms with Crippen molar-refractivity contribution in [1.82, 2.24) is 4.90 Å². The summed E-state index contributed by atoms with van der Waals surface area (Å²) >= 11 is 0. The summed E-state index contributed by atoms with van der Waals surface area (Å²) in [5, 5.41) is 95.8. The molecule has 16 nitrogen and oxygen atoms in total. The van der Waals surface area contributed by atoms with Crippen LogP contribution in [0.3, 0.4) is 0 Å². The molecule has 26 atom stereocenters. The van der Waals surface area contributed by atoms with Gasteiger partial charge in [-0.05, 0) is 111 Å². The minimum Gasteiger partial charge on any atom is -0.394 e. The van der Waals surface area contributed by atoms with Gasteiger partial charge in [0.2, 0.25) is 0 Å². The van der Waals surface area contributed by atoms with E-state index < -0.39 is 105 Å². The van der Waals surface area contributed by atoms with Crippen LogP contribution in [0.2, 0.25) is 0 Å². The van der Waals surface area contributed by atoms with Crippen LogP contribution in [0.15, 0.2) is 11.6 Å². The van der Waals surface area contributed by atoms with Gasteiger partial charge in [0.05, 0.1) is 25.4 Å². The molecule has 0 radical (unpaired) electrons. The first-order chi connectivity index (χ1) is 29.0. The highest BCUT2D eigenvalue weighted by Gasteiger charge is 2.66. The zero-order valence-electron chi connectivity index (χ0n) is 36.7. The molecule has 2 unspecified atom stereocenters. The van der Waals surface area contributed by atoms with Crippen molar-refractivity contribution >= 4 is 12.4 Å². The Hall–Kier alpha value is -0.610. The van der Waals surface area contributed by atoms with E-state index in [1.54, 1.807) is 0 Å². The number of ether oxygens (including phenoxy) is 6. The highest BCUT2D eigenvalue weighted by atomic mass is 35.5. The van der Waals surface area contributed by atoms with Gasteiger partial charge in [0.15, 0.2) is 18.9 Å². The normalized spacial score (nSPS) is 56.4. The van der Waals surface area contributed by atoms with Crippen LogP contribution in [-0.4, -0.2) is 181 Å². The van der Waals surface area contributed by atoms with Crippen LogP contribution in [-0.2, 0) is 28.4 Å². The van der Waals surface area contributed by atoms with Gasteiger partial charge in [-0.3, -0.25) is 4.90 Å². The van der Waals surface area contributed by atoms with Crippen molar-refractivity contribution in [2.75, 3.05) is 19.8 Å². The van der Waals surface area contributed by atoms with Crippen molar-refractivity contribution < 1.29 is 74.4 Å². The van der Waals surface area contributed by atoms with E-state index in [9.17, 15) is 46.0 Å². The molecule has 5 heterocycles. The molecular weight excluding hydrogens is 830 g/mol. The molecule has 0 amide bonds. The fourth-order valence-electron chi connectivity index (χ4n) is 14.7. The van der Waals surface area contributed by atoms with Crippen molar-refractivity contribution in [3.63, 3.8) is 0 Å². The second-order valence-electron chi connectivity index (χ2n) is 21.2. The average Bonchev–Trinajstić information content (AvgIpc) is 3.71. The topological polar surface area (TPSA) is 241 Å². The number of aliphatic hydroxyl groups is 9. The van der Waals surface area contributed by atoms with E-state index in [0.29, 0.717) is 42.1 Å². The van der Waals surface area contributed by atoms with Gasteiger partial charge in [-0.2, -0.15) is 0 Å². The summed E-state index contributed by atoms with van der Waals surface area (Å²) in [6.07, 6.45) is -11.1. The van der Waals surface area contributed by atoms with Crippen LogP contribution in [0.4, 0.5) is 0 Å². The minimum absolute atomic E-state index is 0. The number of aliphatic hydroxyl groups excluding tert-OH is 9. The fourth-order valence-corrected chi connectivity index (χ4v) is 14.7. The summed E-state index contributed by atoms with van der Waals surface area (Å²) in [7, 11) is 0. The number of piperidine rings is 1. The highest BCUT2D eigenvalue weighted by molar-refractivity contribution is 5.85. The third kappa shape index (κ3) is 7.77. The molecule has 5 saturated heterocycles. The second-order valence-corrected chi connectivity index (χ2v) is 21.2. The highest BCUT2D eigenvalue weighted by Crippen LogP contribution is 2.70. The molecule has 8 fully saturated rings. The maximum atomic E-state index is 11.6. The van der Waals surface area contributed by atoms with Crippen molar-refractivity contribution in [1.29, 1.82) is 0 Å². The van der Waals surface area contributed by atoms with E-state index >= 15 is 0 Å². The Morgan fingerprint density at radius 1 is 0.677 bits per heavy atom.